The molecule has 0 amide bonds. The number of hydrogen-bond acceptors (Lipinski definition) is 4. The first-order valence-electron chi connectivity index (χ1n) is 5.04. The van der Waals surface area contributed by atoms with Gasteiger partial charge in [0.2, 0.25) is 0 Å². The Morgan fingerprint density at radius 1 is 1.56 bits per heavy atom. The number of nitrogens with zero attached hydrogens (tertiary/aromatic N) is 1. The molecule has 86 valence electrons. The van der Waals surface area contributed by atoms with Gasteiger partial charge in [-0.3, -0.25) is 4.99 Å². The van der Waals surface area contributed by atoms with Crippen LogP contribution in [-0.2, 0) is 6.54 Å². The number of ether oxygens (including phenoxy) is 1. The van der Waals surface area contributed by atoms with Crippen LogP contribution in [0.2, 0.25) is 5.02 Å². The molecule has 0 spiro atoms. The predicted octanol–water partition coefficient (Wildman–Crippen LogP) is 2.54. The summed E-state index contributed by atoms with van der Waals surface area (Å²) in [6, 6.07) is 5.66. The van der Waals surface area contributed by atoms with E-state index in [1.165, 1.54) is 0 Å². The summed E-state index contributed by atoms with van der Waals surface area (Å²) in [4.78, 5) is 4.32. The first kappa shape index (κ1) is 11.6. The Kier molecular flexibility index (Phi) is 3.96. The third-order valence-electron chi connectivity index (χ3n) is 2.30. The molecule has 0 saturated heterocycles. The van der Waals surface area contributed by atoms with E-state index in [0.29, 0.717) is 6.54 Å². The van der Waals surface area contributed by atoms with E-state index in [2.05, 4.69) is 10.3 Å². The maximum absolute atomic E-state index is 6.13. The van der Waals surface area contributed by atoms with Gasteiger partial charge >= 0.3 is 0 Å². The highest BCUT2D eigenvalue weighted by molar-refractivity contribution is 8.14. The van der Waals surface area contributed by atoms with Gasteiger partial charge in [-0.15, -0.1) is 0 Å². The third kappa shape index (κ3) is 2.62. The Bertz CT molecular complexity index is 409. The summed E-state index contributed by atoms with van der Waals surface area (Å²) in [6.07, 6.45) is 0. The summed E-state index contributed by atoms with van der Waals surface area (Å²) in [6.45, 7) is 1.54. The van der Waals surface area contributed by atoms with Crippen LogP contribution in [0.1, 0.15) is 5.56 Å². The van der Waals surface area contributed by atoms with E-state index in [0.717, 1.165) is 33.8 Å². The van der Waals surface area contributed by atoms with Gasteiger partial charge < -0.3 is 10.1 Å². The van der Waals surface area contributed by atoms with Gasteiger partial charge in [-0.05, 0) is 12.1 Å². The Hall–Kier alpha value is -0.870. The molecule has 0 bridgehead atoms. The summed E-state index contributed by atoms with van der Waals surface area (Å²) in [5, 5.41) is 4.97. The largest absolute Gasteiger partial charge is 0.496 e. The molecule has 1 aromatic carbocycles. The van der Waals surface area contributed by atoms with Crippen LogP contribution in [0, 0.1) is 0 Å². The summed E-state index contributed by atoms with van der Waals surface area (Å²) >= 11 is 7.86. The molecular weight excluding hydrogens is 244 g/mol. The maximum Gasteiger partial charge on any atom is 0.156 e. The van der Waals surface area contributed by atoms with E-state index in [4.69, 9.17) is 16.3 Å². The second-order valence-electron chi connectivity index (χ2n) is 3.31. The first-order valence-corrected chi connectivity index (χ1v) is 6.40. The number of halogens is 1. The number of benzene rings is 1. The number of thioether (sulfide) groups is 1. The van der Waals surface area contributed by atoms with Gasteiger partial charge in [0.1, 0.15) is 5.75 Å². The van der Waals surface area contributed by atoms with Crippen LogP contribution in [0.3, 0.4) is 0 Å². The molecule has 16 heavy (non-hydrogen) atoms. The van der Waals surface area contributed by atoms with Crippen LogP contribution in [0.4, 0.5) is 0 Å². The number of amidine groups is 1. The number of hydrogen-bond donors (Lipinski definition) is 1. The van der Waals surface area contributed by atoms with Crippen LogP contribution in [0.15, 0.2) is 23.2 Å². The van der Waals surface area contributed by atoms with E-state index in [1.54, 1.807) is 18.9 Å². The van der Waals surface area contributed by atoms with Gasteiger partial charge in [-0.25, -0.2) is 0 Å². The van der Waals surface area contributed by atoms with Crippen LogP contribution < -0.4 is 10.1 Å². The standard InChI is InChI=1S/C11H13ClN2OS/c1-15-10-4-2-3-9(12)8(10)7-14-11-13-5-6-16-11/h2-4H,5-7H2,1H3,(H,13,14). The SMILES string of the molecule is COc1cccc(Cl)c1CNC1=NCCS1. The fourth-order valence-electron chi connectivity index (χ4n) is 1.51. The average Bonchev–Trinajstić information content (AvgIpc) is 2.80. The maximum atomic E-state index is 6.13. The zero-order valence-corrected chi connectivity index (χ0v) is 10.6. The Morgan fingerprint density at radius 2 is 2.44 bits per heavy atom. The van der Waals surface area contributed by atoms with Crippen molar-refractivity contribution in [1.82, 2.24) is 5.32 Å². The highest BCUT2D eigenvalue weighted by atomic mass is 35.5. The molecule has 5 heteroatoms. The minimum absolute atomic E-state index is 0.648. The van der Waals surface area contributed by atoms with Gasteiger partial charge in [0.25, 0.3) is 0 Å². The normalized spacial score (nSPS) is 14.8. The van der Waals surface area contributed by atoms with E-state index < -0.39 is 0 Å². The van der Waals surface area contributed by atoms with E-state index in [-0.39, 0.29) is 0 Å². The molecule has 0 aromatic heterocycles. The fraction of sp³-hybridized carbons (Fsp3) is 0.364. The molecule has 3 nitrogen and oxygen atoms in total. The van der Waals surface area contributed by atoms with Crippen molar-refractivity contribution in [3.63, 3.8) is 0 Å². The molecular formula is C11H13ClN2OS. The molecule has 1 aromatic rings. The van der Waals surface area contributed by atoms with Crippen LogP contribution in [-0.4, -0.2) is 24.6 Å². The van der Waals surface area contributed by atoms with E-state index in [1.807, 2.05) is 18.2 Å². The van der Waals surface area contributed by atoms with Gasteiger partial charge in [0.05, 0.1) is 13.7 Å². The second-order valence-corrected chi connectivity index (χ2v) is 4.80. The lowest BCUT2D eigenvalue weighted by Gasteiger charge is -2.11. The van der Waals surface area contributed by atoms with Crippen molar-refractivity contribution in [3.8, 4) is 5.75 Å². The topological polar surface area (TPSA) is 33.6 Å². The summed E-state index contributed by atoms with van der Waals surface area (Å²) in [5.41, 5.74) is 0.974. The van der Waals surface area contributed by atoms with Gasteiger partial charge in [0, 0.05) is 22.9 Å². The monoisotopic (exact) mass is 256 g/mol. The molecule has 0 saturated carbocycles. The number of methoxy groups -OCH3 is 1. The number of nitrogens with one attached hydrogen (secondary N) is 1. The Labute approximate surface area is 104 Å². The lowest BCUT2D eigenvalue weighted by Crippen LogP contribution is -2.18. The number of aliphatic imine (C=N–C) groups is 1. The summed E-state index contributed by atoms with van der Waals surface area (Å²) in [5.74, 6) is 1.87. The van der Waals surface area contributed by atoms with E-state index in [9.17, 15) is 0 Å². The lowest BCUT2D eigenvalue weighted by atomic mass is 10.2. The van der Waals surface area contributed by atoms with Crippen molar-refractivity contribution < 1.29 is 4.74 Å². The summed E-state index contributed by atoms with van der Waals surface area (Å²) < 4.78 is 5.27. The minimum atomic E-state index is 0.648. The van der Waals surface area contributed by atoms with Gasteiger partial charge in [-0.1, -0.05) is 29.4 Å². The average molecular weight is 257 g/mol. The van der Waals surface area contributed by atoms with Crippen molar-refractivity contribution in [1.29, 1.82) is 0 Å². The zero-order valence-electron chi connectivity index (χ0n) is 9.00. The lowest BCUT2D eigenvalue weighted by molar-refractivity contribution is 0.409. The van der Waals surface area contributed by atoms with E-state index >= 15 is 0 Å². The molecule has 0 atom stereocenters. The van der Waals surface area contributed by atoms with Crippen LogP contribution in [0.5, 0.6) is 5.75 Å². The molecule has 0 radical (unpaired) electrons. The van der Waals surface area contributed by atoms with Crippen molar-refractivity contribution in [2.45, 2.75) is 6.54 Å². The van der Waals surface area contributed by atoms with Gasteiger partial charge in [0.15, 0.2) is 5.17 Å². The molecule has 1 aliphatic heterocycles. The molecule has 0 fully saturated rings. The highest BCUT2D eigenvalue weighted by Gasteiger charge is 2.10. The molecule has 1 N–H and O–H groups in total. The third-order valence-corrected chi connectivity index (χ3v) is 3.59. The molecule has 2 rings (SSSR count). The highest BCUT2D eigenvalue weighted by Crippen LogP contribution is 2.26. The smallest absolute Gasteiger partial charge is 0.156 e. The molecule has 0 aliphatic carbocycles. The quantitative estimate of drug-likeness (QED) is 0.902. The second kappa shape index (κ2) is 5.46. The zero-order chi connectivity index (χ0) is 11.4. The van der Waals surface area contributed by atoms with Crippen molar-refractivity contribution in [3.05, 3.63) is 28.8 Å². The fourth-order valence-corrected chi connectivity index (χ4v) is 2.47. The minimum Gasteiger partial charge on any atom is -0.496 e. The first-order chi connectivity index (χ1) is 7.81. The van der Waals surface area contributed by atoms with Crippen LogP contribution in [0.25, 0.3) is 0 Å². The Balaban J connectivity index is 2.07. The Morgan fingerprint density at radius 3 is 3.12 bits per heavy atom. The summed E-state index contributed by atoms with van der Waals surface area (Å²) in [7, 11) is 1.65. The molecule has 1 heterocycles. The van der Waals surface area contributed by atoms with Crippen molar-refractivity contribution in [2.75, 3.05) is 19.4 Å². The van der Waals surface area contributed by atoms with Crippen molar-refractivity contribution in [2.24, 2.45) is 4.99 Å². The van der Waals surface area contributed by atoms with Crippen molar-refractivity contribution >= 4 is 28.5 Å². The predicted molar refractivity (Wildman–Crippen MR) is 69.6 cm³/mol. The van der Waals surface area contributed by atoms with Gasteiger partial charge in [-0.2, -0.15) is 0 Å². The number of rotatable bonds is 3. The van der Waals surface area contributed by atoms with Crippen LogP contribution >= 0.6 is 23.4 Å². The molecule has 1 aliphatic rings. The molecule has 0 unspecified atom stereocenters.